The molecule has 0 atom stereocenters. The zero-order chi connectivity index (χ0) is 21.8. The first kappa shape index (κ1) is 22.1. The third kappa shape index (κ3) is 5.57. The molecule has 1 fully saturated rings. The van der Waals surface area contributed by atoms with E-state index in [9.17, 15) is 0 Å². The second kappa shape index (κ2) is 10.0. The summed E-state index contributed by atoms with van der Waals surface area (Å²) in [6.07, 6.45) is 8.81. The molecule has 166 valence electrons. The van der Waals surface area contributed by atoms with E-state index in [4.69, 9.17) is 33.8 Å². The summed E-state index contributed by atoms with van der Waals surface area (Å²) < 4.78 is 0. The molecule has 1 aromatic carbocycles. The zero-order valence-corrected chi connectivity index (χ0v) is 19.8. The summed E-state index contributed by atoms with van der Waals surface area (Å²) in [6.45, 7) is 0. The molecular formula is C23H31ClN6S. The van der Waals surface area contributed by atoms with Crippen LogP contribution in [0, 0.1) is 0 Å². The Labute approximate surface area is 195 Å². The number of nitrogens with one attached hydrogen (secondary N) is 3. The number of thiocarbonyl (C=S) groups is 1. The standard InChI is InChI=1S/C23H31ClN6S/c1-30(2)21-17-7-3-5-9-19(17)27-22(29-21)25-15-11-13-16(14-12-15)26-23(31)28-20-10-6-4-8-18(20)24/h4,6,8,10,15-16H,3,5,7,9,11-14H2,1-2H3,(H,25,27,29)(H2,26,28,31)/t15-,16+. The van der Waals surface area contributed by atoms with E-state index in [2.05, 4.69) is 34.9 Å². The van der Waals surface area contributed by atoms with Gasteiger partial charge in [0, 0.05) is 31.7 Å². The Morgan fingerprint density at radius 3 is 2.48 bits per heavy atom. The van der Waals surface area contributed by atoms with Crippen LogP contribution < -0.4 is 20.9 Å². The molecule has 0 radical (unpaired) electrons. The van der Waals surface area contributed by atoms with Crippen LogP contribution in [0.15, 0.2) is 24.3 Å². The highest BCUT2D eigenvalue weighted by molar-refractivity contribution is 7.80. The Morgan fingerprint density at radius 2 is 1.74 bits per heavy atom. The molecule has 31 heavy (non-hydrogen) atoms. The summed E-state index contributed by atoms with van der Waals surface area (Å²) in [5, 5.41) is 11.5. The number of aromatic nitrogens is 2. The first-order valence-corrected chi connectivity index (χ1v) is 11.9. The van der Waals surface area contributed by atoms with Crippen molar-refractivity contribution in [1.29, 1.82) is 0 Å². The van der Waals surface area contributed by atoms with Crippen molar-refractivity contribution in [3.8, 4) is 0 Å². The molecule has 1 heterocycles. The average molecular weight is 459 g/mol. The molecule has 2 aromatic rings. The summed E-state index contributed by atoms with van der Waals surface area (Å²) in [5.74, 6) is 1.84. The Bertz CT molecular complexity index is 926. The lowest BCUT2D eigenvalue weighted by Crippen LogP contribution is -2.42. The maximum absolute atomic E-state index is 6.21. The van der Waals surface area contributed by atoms with Gasteiger partial charge >= 0.3 is 0 Å². The summed E-state index contributed by atoms with van der Waals surface area (Å²) >= 11 is 11.7. The van der Waals surface area contributed by atoms with Crippen molar-refractivity contribution in [2.75, 3.05) is 29.6 Å². The molecule has 2 aliphatic carbocycles. The number of hydrogen-bond acceptors (Lipinski definition) is 5. The molecule has 6 nitrogen and oxygen atoms in total. The van der Waals surface area contributed by atoms with Crippen molar-refractivity contribution in [3.05, 3.63) is 40.5 Å². The number of aryl methyl sites for hydroxylation is 1. The van der Waals surface area contributed by atoms with Gasteiger partial charge in [-0.15, -0.1) is 0 Å². The molecule has 0 saturated heterocycles. The van der Waals surface area contributed by atoms with E-state index in [1.54, 1.807) is 0 Å². The number of anilines is 3. The smallest absolute Gasteiger partial charge is 0.225 e. The van der Waals surface area contributed by atoms with Crippen LogP contribution in [0.4, 0.5) is 17.5 Å². The Kier molecular flexibility index (Phi) is 7.13. The molecule has 1 aromatic heterocycles. The van der Waals surface area contributed by atoms with Crippen LogP contribution in [0.5, 0.6) is 0 Å². The van der Waals surface area contributed by atoms with Gasteiger partial charge in [0.15, 0.2) is 5.11 Å². The number of halogens is 1. The van der Waals surface area contributed by atoms with E-state index < -0.39 is 0 Å². The van der Waals surface area contributed by atoms with Crippen LogP contribution in [0.3, 0.4) is 0 Å². The lowest BCUT2D eigenvalue weighted by Gasteiger charge is -2.31. The average Bonchev–Trinajstić information content (AvgIpc) is 2.76. The zero-order valence-electron chi connectivity index (χ0n) is 18.2. The number of fused-ring (bicyclic) bond motifs is 1. The third-order valence-corrected chi connectivity index (χ3v) is 6.65. The Balaban J connectivity index is 1.31. The molecule has 0 unspecified atom stereocenters. The van der Waals surface area contributed by atoms with Gasteiger partial charge in [0.05, 0.1) is 16.4 Å². The summed E-state index contributed by atoms with van der Waals surface area (Å²) in [7, 11) is 4.13. The van der Waals surface area contributed by atoms with Gasteiger partial charge in [-0.2, -0.15) is 4.98 Å². The van der Waals surface area contributed by atoms with Gasteiger partial charge in [-0.1, -0.05) is 23.7 Å². The van der Waals surface area contributed by atoms with Gasteiger partial charge in [-0.05, 0) is 75.7 Å². The van der Waals surface area contributed by atoms with Crippen molar-refractivity contribution in [3.63, 3.8) is 0 Å². The van der Waals surface area contributed by atoms with Gasteiger partial charge < -0.3 is 20.9 Å². The van der Waals surface area contributed by atoms with Crippen LogP contribution in [0.1, 0.15) is 49.8 Å². The molecular weight excluding hydrogens is 428 g/mol. The van der Waals surface area contributed by atoms with E-state index in [0.717, 1.165) is 56.0 Å². The number of rotatable bonds is 5. The van der Waals surface area contributed by atoms with Gasteiger partial charge in [-0.25, -0.2) is 4.98 Å². The fraction of sp³-hybridized carbons (Fsp3) is 0.522. The molecule has 2 aliphatic rings. The molecule has 3 N–H and O–H groups in total. The monoisotopic (exact) mass is 458 g/mol. The van der Waals surface area contributed by atoms with Crippen LogP contribution in [0.25, 0.3) is 0 Å². The van der Waals surface area contributed by atoms with E-state index in [-0.39, 0.29) is 0 Å². The van der Waals surface area contributed by atoms with E-state index in [0.29, 0.717) is 22.2 Å². The number of para-hydroxylation sites is 1. The first-order valence-electron chi connectivity index (χ1n) is 11.2. The molecule has 0 bridgehead atoms. The molecule has 0 aliphatic heterocycles. The maximum Gasteiger partial charge on any atom is 0.225 e. The van der Waals surface area contributed by atoms with Crippen molar-refractivity contribution < 1.29 is 0 Å². The largest absolute Gasteiger partial charge is 0.362 e. The van der Waals surface area contributed by atoms with E-state index >= 15 is 0 Å². The predicted octanol–water partition coefficient (Wildman–Crippen LogP) is 4.78. The van der Waals surface area contributed by atoms with Gasteiger partial charge in [0.2, 0.25) is 5.95 Å². The Morgan fingerprint density at radius 1 is 1.03 bits per heavy atom. The highest BCUT2D eigenvalue weighted by atomic mass is 35.5. The van der Waals surface area contributed by atoms with Crippen LogP contribution in [0.2, 0.25) is 5.02 Å². The quantitative estimate of drug-likeness (QED) is 0.557. The number of benzene rings is 1. The fourth-order valence-electron chi connectivity index (χ4n) is 4.48. The second-order valence-corrected chi connectivity index (χ2v) is 9.48. The SMILES string of the molecule is CN(C)c1nc(N[C@H]2CC[C@@H](NC(=S)Nc3ccccc3Cl)CC2)nc2c1CCCC2. The molecule has 4 rings (SSSR count). The minimum absolute atomic E-state index is 0.363. The van der Waals surface area contributed by atoms with E-state index in [1.165, 1.54) is 24.1 Å². The van der Waals surface area contributed by atoms with Crippen LogP contribution in [-0.2, 0) is 12.8 Å². The molecule has 0 spiro atoms. The highest BCUT2D eigenvalue weighted by Gasteiger charge is 2.24. The number of hydrogen-bond donors (Lipinski definition) is 3. The third-order valence-electron chi connectivity index (χ3n) is 6.10. The minimum Gasteiger partial charge on any atom is -0.362 e. The van der Waals surface area contributed by atoms with Crippen molar-refractivity contribution >= 4 is 46.4 Å². The van der Waals surface area contributed by atoms with Crippen LogP contribution in [-0.4, -0.2) is 41.3 Å². The minimum atomic E-state index is 0.363. The van der Waals surface area contributed by atoms with Crippen molar-refractivity contribution in [2.24, 2.45) is 0 Å². The predicted molar refractivity (Wildman–Crippen MR) is 133 cm³/mol. The van der Waals surface area contributed by atoms with Crippen LogP contribution >= 0.6 is 23.8 Å². The lowest BCUT2D eigenvalue weighted by atomic mass is 9.91. The normalized spacial score (nSPS) is 20.5. The molecule has 8 heteroatoms. The summed E-state index contributed by atoms with van der Waals surface area (Å²) in [4.78, 5) is 11.8. The maximum atomic E-state index is 6.21. The highest BCUT2D eigenvalue weighted by Crippen LogP contribution is 2.29. The summed E-state index contributed by atoms with van der Waals surface area (Å²) in [6, 6.07) is 8.39. The molecule has 0 amide bonds. The fourth-order valence-corrected chi connectivity index (χ4v) is 4.94. The summed E-state index contributed by atoms with van der Waals surface area (Å²) in [5.41, 5.74) is 3.38. The van der Waals surface area contributed by atoms with Crippen molar-refractivity contribution in [1.82, 2.24) is 15.3 Å². The first-order chi connectivity index (χ1) is 15.0. The molecule has 1 saturated carbocycles. The number of nitrogens with zero attached hydrogens (tertiary/aromatic N) is 3. The van der Waals surface area contributed by atoms with Gasteiger partial charge in [-0.3, -0.25) is 0 Å². The van der Waals surface area contributed by atoms with Gasteiger partial charge in [0.1, 0.15) is 5.82 Å². The Hall–Kier alpha value is -2.12. The van der Waals surface area contributed by atoms with Gasteiger partial charge in [0.25, 0.3) is 0 Å². The van der Waals surface area contributed by atoms with E-state index in [1.807, 2.05) is 24.3 Å². The van der Waals surface area contributed by atoms with Crippen molar-refractivity contribution in [2.45, 2.75) is 63.5 Å². The topological polar surface area (TPSA) is 65.1 Å². The second-order valence-electron chi connectivity index (χ2n) is 8.67. The lowest BCUT2D eigenvalue weighted by molar-refractivity contribution is 0.387.